The molecule has 0 unspecified atom stereocenters. The van der Waals surface area contributed by atoms with E-state index in [0.29, 0.717) is 0 Å². The van der Waals surface area contributed by atoms with E-state index in [0.717, 1.165) is 23.7 Å². The van der Waals surface area contributed by atoms with Crippen molar-refractivity contribution in [1.82, 2.24) is 9.97 Å². The first-order chi connectivity index (χ1) is 16.8. The van der Waals surface area contributed by atoms with Crippen LogP contribution < -0.4 is 0 Å². The summed E-state index contributed by atoms with van der Waals surface area (Å²) in [5, 5.41) is 7.12. The van der Waals surface area contributed by atoms with Crippen molar-refractivity contribution in [3.63, 3.8) is 0 Å². The van der Waals surface area contributed by atoms with Gasteiger partial charge in [0, 0.05) is 18.0 Å². The fourth-order valence-corrected chi connectivity index (χ4v) is 4.36. The molecule has 0 saturated carbocycles. The molecule has 3 aromatic carbocycles. The molecule has 1 heterocycles. The fraction of sp³-hybridized carbons (Fsp3) is 0.214. The number of nitrogens with zero attached hydrogens (tertiary/aromatic N) is 1. The molecule has 0 radical (unpaired) electrons. The number of hydrogen-bond donors (Lipinski definition) is 2. The molecule has 0 fully saturated rings. The molecule has 7 heteroatoms. The van der Waals surface area contributed by atoms with Gasteiger partial charge in [0.15, 0.2) is 0 Å². The third-order valence-corrected chi connectivity index (χ3v) is 6.14. The predicted octanol–water partition coefficient (Wildman–Crippen LogP) is 6.72. The maximum absolute atomic E-state index is 10.6. The monoisotopic (exact) mass is 478 g/mol. The summed E-state index contributed by atoms with van der Waals surface area (Å²) in [5.41, 5.74) is 8.14. The van der Waals surface area contributed by atoms with Gasteiger partial charge in [0.25, 0.3) is 0 Å². The van der Waals surface area contributed by atoms with E-state index in [1.807, 2.05) is 6.20 Å². The molecule has 180 valence electrons. The topological polar surface area (TPSA) is 66.0 Å². The van der Waals surface area contributed by atoms with Gasteiger partial charge in [-0.05, 0) is 65.5 Å². The van der Waals surface area contributed by atoms with Crippen LogP contribution in [0.2, 0.25) is 0 Å². The van der Waals surface area contributed by atoms with Crippen LogP contribution in [-0.2, 0) is 24.1 Å². The second-order valence-corrected chi connectivity index (χ2v) is 8.60. The lowest BCUT2D eigenvalue weighted by Gasteiger charge is -2.10. The number of aryl methyl sites for hydroxylation is 1. The zero-order chi connectivity index (χ0) is 24.8. The molecule has 2 N–H and O–H groups in total. The summed E-state index contributed by atoms with van der Waals surface area (Å²) in [7, 11) is 0. The van der Waals surface area contributed by atoms with Crippen LogP contribution in [0.4, 0.5) is 13.2 Å². The lowest BCUT2D eigenvalue weighted by Crippen LogP contribution is -2.21. The number of fused-ring (bicyclic) bond motifs is 1. The molecule has 0 spiro atoms. The van der Waals surface area contributed by atoms with E-state index >= 15 is 0 Å². The Labute approximate surface area is 201 Å². The Balaban J connectivity index is 0.000000364. The number of aliphatic carboxylic acids is 1. The second-order valence-electron chi connectivity index (χ2n) is 8.60. The van der Waals surface area contributed by atoms with Crippen molar-refractivity contribution in [3.05, 3.63) is 102 Å². The van der Waals surface area contributed by atoms with Gasteiger partial charge in [-0.2, -0.15) is 13.2 Å². The van der Waals surface area contributed by atoms with Gasteiger partial charge in [-0.1, -0.05) is 66.7 Å². The number of aromatic nitrogens is 2. The van der Waals surface area contributed by atoms with Crippen molar-refractivity contribution < 1.29 is 23.1 Å². The van der Waals surface area contributed by atoms with E-state index in [1.165, 1.54) is 36.0 Å². The zero-order valence-electron chi connectivity index (χ0n) is 18.9. The molecule has 1 aliphatic carbocycles. The van der Waals surface area contributed by atoms with Crippen molar-refractivity contribution in [3.8, 4) is 22.5 Å². The number of alkyl halides is 3. The van der Waals surface area contributed by atoms with Crippen LogP contribution in [0.25, 0.3) is 22.5 Å². The Morgan fingerprint density at radius 3 is 2.11 bits per heavy atom. The number of carboxylic acids is 1. The van der Waals surface area contributed by atoms with Crippen molar-refractivity contribution >= 4 is 5.97 Å². The van der Waals surface area contributed by atoms with Crippen LogP contribution in [0, 0.1) is 5.92 Å². The van der Waals surface area contributed by atoms with Gasteiger partial charge in [0.2, 0.25) is 0 Å². The van der Waals surface area contributed by atoms with E-state index in [-0.39, 0.29) is 0 Å². The number of H-pyrrole nitrogens is 1. The van der Waals surface area contributed by atoms with E-state index in [1.54, 1.807) is 17.3 Å². The van der Waals surface area contributed by atoms with E-state index < -0.39 is 12.1 Å². The second kappa shape index (κ2) is 10.6. The summed E-state index contributed by atoms with van der Waals surface area (Å²) in [5.74, 6) is -1.05. The van der Waals surface area contributed by atoms with Crippen LogP contribution in [0.5, 0.6) is 0 Å². The lowest BCUT2D eigenvalue weighted by atomic mass is 9.95. The third kappa shape index (κ3) is 6.38. The number of nitrogens with one attached hydrogen (secondary N) is 1. The van der Waals surface area contributed by atoms with E-state index in [9.17, 15) is 13.2 Å². The van der Waals surface area contributed by atoms with Crippen LogP contribution in [0.1, 0.15) is 23.1 Å². The number of aromatic amines is 1. The van der Waals surface area contributed by atoms with Gasteiger partial charge in [-0.25, -0.2) is 9.78 Å². The van der Waals surface area contributed by atoms with Gasteiger partial charge in [0.1, 0.15) is 5.82 Å². The van der Waals surface area contributed by atoms with Crippen molar-refractivity contribution in [1.29, 1.82) is 0 Å². The standard InChI is InChI=1S/C26H24N2.C2HF3O2/c1-2-5-23-17-20(16-22(23)4-1)9-8-19-10-12-21(13-11-19)24-6-3-7-25(18-24)26-27-14-15-28-26;3-2(4,5)1(6)7/h1-7,10-15,18,20H,8-9,16-17H2,(H,27,28);(H,6,7). The smallest absolute Gasteiger partial charge is 0.475 e. The minimum absolute atomic E-state index is 0.794. The SMILES string of the molecule is O=C(O)C(F)(F)F.c1cc(-c2ccc(CCC3Cc4ccccc4C3)cc2)cc(-c2ncc[nH]2)c1. The molecule has 0 bridgehead atoms. The molecular formula is C28H25F3N2O2. The lowest BCUT2D eigenvalue weighted by molar-refractivity contribution is -0.192. The van der Waals surface area contributed by atoms with Gasteiger partial charge in [-0.15, -0.1) is 0 Å². The first-order valence-corrected chi connectivity index (χ1v) is 11.4. The number of rotatable bonds is 5. The Morgan fingerprint density at radius 1 is 0.914 bits per heavy atom. The molecule has 1 aliphatic rings. The summed E-state index contributed by atoms with van der Waals surface area (Å²) in [4.78, 5) is 16.4. The zero-order valence-corrected chi connectivity index (χ0v) is 18.9. The predicted molar refractivity (Wildman–Crippen MR) is 129 cm³/mol. The highest BCUT2D eigenvalue weighted by molar-refractivity contribution is 5.73. The van der Waals surface area contributed by atoms with E-state index in [2.05, 4.69) is 82.8 Å². The molecular weight excluding hydrogens is 453 g/mol. The molecule has 0 aliphatic heterocycles. The van der Waals surface area contributed by atoms with Crippen molar-refractivity contribution in [2.24, 2.45) is 5.92 Å². The summed E-state index contributed by atoms with van der Waals surface area (Å²) in [6, 6.07) is 26.5. The maximum Gasteiger partial charge on any atom is 0.490 e. The Hall–Kier alpha value is -3.87. The average Bonchev–Trinajstić information content (AvgIpc) is 3.53. The molecule has 4 aromatic rings. The van der Waals surface area contributed by atoms with E-state index in [4.69, 9.17) is 9.90 Å². The molecule has 35 heavy (non-hydrogen) atoms. The Bertz CT molecular complexity index is 1240. The first-order valence-electron chi connectivity index (χ1n) is 11.4. The number of hydrogen-bond acceptors (Lipinski definition) is 2. The van der Waals surface area contributed by atoms with Gasteiger partial charge in [0.05, 0.1) is 0 Å². The minimum Gasteiger partial charge on any atom is -0.475 e. The summed E-state index contributed by atoms with van der Waals surface area (Å²) >= 11 is 0. The number of carbonyl (C=O) groups is 1. The van der Waals surface area contributed by atoms with Gasteiger partial charge in [-0.3, -0.25) is 0 Å². The fourth-order valence-electron chi connectivity index (χ4n) is 4.36. The third-order valence-electron chi connectivity index (χ3n) is 6.14. The molecule has 4 nitrogen and oxygen atoms in total. The Morgan fingerprint density at radius 2 is 1.54 bits per heavy atom. The minimum atomic E-state index is -5.08. The molecule has 0 amide bonds. The van der Waals surface area contributed by atoms with Crippen LogP contribution in [-0.4, -0.2) is 27.2 Å². The number of halogens is 3. The largest absolute Gasteiger partial charge is 0.490 e. The molecule has 0 atom stereocenters. The summed E-state index contributed by atoms with van der Waals surface area (Å²) in [6.07, 6.45) is 3.48. The van der Waals surface area contributed by atoms with Gasteiger partial charge >= 0.3 is 12.1 Å². The summed E-state index contributed by atoms with van der Waals surface area (Å²) in [6.45, 7) is 0. The first kappa shape index (κ1) is 24.3. The highest BCUT2D eigenvalue weighted by atomic mass is 19.4. The van der Waals surface area contributed by atoms with Gasteiger partial charge < -0.3 is 10.1 Å². The number of carboxylic acid groups (broad SMARTS) is 1. The normalized spacial score (nSPS) is 13.1. The molecule has 5 rings (SSSR count). The van der Waals surface area contributed by atoms with Crippen molar-refractivity contribution in [2.75, 3.05) is 0 Å². The average molecular weight is 479 g/mol. The molecule has 1 aromatic heterocycles. The number of imidazole rings is 1. The van der Waals surface area contributed by atoms with Crippen LogP contribution >= 0.6 is 0 Å². The number of benzene rings is 3. The molecule has 0 saturated heterocycles. The maximum atomic E-state index is 10.6. The highest BCUT2D eigenvalue weighted by Crippen LogP contribution is 2.30. The quantitative estimate of drug-likeness (QED) is 0.334. The van der Waals surface area contributed by atoms with Crippen LogP contribution in [0.3, 0.4) is 0 Å². The highest BCUT2D eigenvalue weighted by Gasteiger charge is 2.38. The Kier molecular flexibility index (Phi) is 7.34. The summed E-state index contributed by atoms with van der Waals surface area (Å²) < 4.78 is 31.7. The van der Waals surface area contributed by atoms with Crippen molar-refractivity contribution in [2.45, 2.75) is 31.9 Å². The van der Waals surface area contributed by atoms with Crippen LogP contribution in [0.15, 0.2) is 85.2 Å².